The van der Waals surface area contributed by atoms with Gasteiger partial charge in [-0.15, -0.1) is 0 Å². The Balaban J connectivity index is 2.25. The van der Waals surface area contributed by atoms with Crippen molar-refractivity contribution >= 4 is 5.97 Å². The Morgan fingerprint density at radius 2 is 2.06 bits per heavy atom. The summed E-state index contributed by atoms with van der Waals surface area (Å²) in [5.41, 5.74) is 3.77. The molecule has 1 aromatic heterocycles. The zero-order valence-electron chi connectivity index (χ0n) is 10.3. The fraction of sp³-hybridized carbons (Fsp3) is 0.286. The number of nitrogens with one attached hydrogen (secondary N) is 1. The number of aromatic nitrogens is 2. The van der Waals surface area contributed by atoms with Crippen molar-refractivity contribution in [2.45, 2.75) is 26.2 Å². The van der Waals surface area contributed by atoms with E-state index < -0.39 is 5.97 Å². The summed E-state index contributed by atoms with van der Waals surface area (Å²) < 4.78 is 0. The Labute approximate surface area is 106 Å². The monoisotopic (exact) mass is 244 g/mol. The van der Waals surface area contributed by atoms with Gasteiger partial charge >= 0.3 is 5.97 Å². The zero-order chi connectivity index (χ0) is 13.0. The van der Waals surface area contributed by atoms with Gasteiger partial charge in [0.1, 0.15) is 0 Å². The molecule has 0 saturated carbocycles. The highest BCUT2D eigenvalue weighted by molar-refractivity contribution is 5.74. The van der Waals surface area contributed by atoms with Crippen LogP contribution in [0.5, 0.6) is 0 Å². The van der Waals surface area contributed by atoms with E-state index in [4.69, 9.17) is 5.11 Å². The van der Waals surface area contributed by atoms with E-state index in [1.165, 1.54) is 5.56 Å². The van der Waals surface area contributed by atoms with Crippen molar-refractivity contribution in [1.82, 2.24) is 10.2 Å². The van der Waals surface area contributed by atoms with Crippen molar-refractivity contribution in [3.8, 4) is 11.3 Å². The SMILES string of the molecule is CCCc1ccc(-c2[nH]ncc2CC(=O)O)cc1. The molecule has 0 spiro atoms. The van der Waals surface area contributed by atoms with Gasteiger partial charge in [-0.05, 0) is 17.5 Å². The molecule has 1 heterocycles. The van der Waals surface area contributed by atoms with Gasteiger partial charge in [0.05, 0.1) is 18.3 Å². The second-order valence-electron chi connectivity index (χ2n) is 4.29. The van der Waals surface area contributed by atoms with E-state index in [0.29, 0.717) is 5.56 Å². The van der Waals surface area contributed by atoms with E-state index in [-0.39, 0.29) is 6.42 Å². The summed E-state index contributed by atoms with van der Waals surface area (Å²) in [6, 6.07) is 8.15. The summed E-state index contributed by atoms with van der Waals surface area (Å²) in [5.74, 6) is -0.847. The molecule has 0 aliphatic carbocycles. The van der Waals surface area contributed by atoms with Gasteiger partial charge in [0, 0.05) is 5.56 Å². The molecule has 94 valence electrons. The Kier molecular flexibility index (Phi) is 3.77. The molecule has 0 amide bonds. The molecular formula is C14H16N2O2. The highest BCUT2D eigenvalue weighted by atomic mass is 16.4. The Morgan fingerprint density at radius 3 is 2.67 bits per heavy atom. The molecule has 18 heavy (non-hydrogen) atoms. The number of hydrogen-bond donors (Lipinski definition) is 2. The van der Waals surface area contributed by atoms with Crippen LogP contribution in [0.15, 0.2) is 30.5 Å². The number of benzene rings is 1. The summed E-state index contributed by atoms with van der Waals surface area (Å²) >= 11 is 0. The van der Waals surface area contributed by atoms with E-state index in [9.17, 15) is 4.79 Å². The minimum Gasteiger partial charge on any atom is -0.481 e. The second-order valence-corrected chi connectivity index (χ2v) is 4.29. The summed E-state index contributed by atoms with van der Waals surface area (Å²) in [4.78, 5) is 10.7. The zero-order valence-corrected chi connectivity index (χ0v) is 10.3. The van der Waals surface area contributed by atoms with Gasteiger partial charge in [-0.1, -0.05) is 37.6 Å². The molecule has 2 aromatic rings. The summed E-state index contributed by atoms with van der Waals surface area (Å²) in [6.45, 7) is 2.15. The number of nitrogens with zero attached hydrogens (tertiary/aromatic N) is 1. The largest absolute Gasteiger partial charge is 0.481 e. The van der Waals surface area contributed by atoms with Crippen LogP contribution in [0.25, 0.3) is 11.3 Å². The third-order valence-corrected chi connectivity index (χ3v) is 2.84. The molecule has 0 aliphatic rings. The first-order chi connectivity index (χ1) is 8.70. The average Bonchev–Trinajstić information content (AvgIpc) is 2.78. The maximum atomic E-state index is 10.7. The topological polar surface area (TPSA) is 66.0 Å². The predicted octanol–water partition coefficient (Wildman–Crippen LogP) is 2.66. The molecule has 0 bridgehead atoms. The van der Waals surface area contributed by atoms with E-state index >= 15 is 0 Å². The smallest absolute Gasteiger partial charge is 0.307 e. The summed E-state index contributed by atoms with van der Waals surface area (Å²) in [7, 11) is 0. The number of carbonyl (C=O) groups is 1. The first kappa shape index (κ1) is 12.4. The van der Waals surface area contributed by atoms with Crippen molar-refractivity contribution in [2.24, 2.45) is 0 Å². The maximum Gasteiger partial charge on any atom is 0.307 e. The molecule has 0 radical (unpaired) electrons. The van der Waals surface area contributed by atoms with Crippen LogP contribution < -0.4 is 0 Å². The molecule has 2 N–H and O–H groups in total. The number of carboxylic acids is 1. The van der Waals surface area contributed by atoms with Crippen molar-refractivity contribution in [1.29, 1.82) is 0 Å². The first-order valence-electron chi connectivity index (χ1n) is 6.04. The third kappa shape index (κ3) is 2.77. The number of hydrogen-bond acceptors (Lipinski definition) is 2. The fourth-order valence-electron chi connectivity index (χ4n) is 1.98. The van der Waals surface area contributed by atoms with E-state index in [1.54, 1.807) is 6.20 Å². The maximum absolute atomic E-state index is 10.7. The Bertz CT molecular complexity index is 529. The molecule has 4 nitrogen and oxygen atoms in total. The number of rotatable bonds is 5. The second kappa shape index (κ2) is 5.49. The molecule has 2 rings (SSSR count). The van der Waals surface area contributed by atoms with Crippen LogP contribution in [-0.2, 0) is 17.6 Å². The van der Waals surface area contributed by atoms with Gasteiger partial charge in [-0.2, -0.15) is 5.10 Å². The molecule has 0 saturated heterocycles. The van der Waals surface area contributed by atoms with Crippen LogP contribution in [0.3, 0.4) is 0 Å². The quantitative estimate of drug-likeness (QED) is 0.849. The normalized spacial score (nSPS) is 10.5. The Morgan fingerprint density at radius 1 is 1.33 bits per heavy atom. The molecule has 0 aliphatic heterocycles. The molecule has 0 unspecified atom stereocenters. The highest BCUT2D eigenvalue weighted by Crippen LogP contribution is 2.22. The predicted molar refractivity (Wildman–Crippen MR) is 69.4 cm³/mol. The van der Waals surface area contributed by atoms with E-state index in [1.807, 2.05) is 12.1 Å². The lowest BCUT2D eigenvalue weighted by Crippen LogP contribution is -2.00. The number of aliphatic carboxylic acids is 1. The van der Waals surface area contributed by atoms with Crippen LogP contribution >= 0.6 is 0 Å². The molecule has 4 heteroatoms. The minimum absolute atomic E-state index is 0.0114. The van der Waals surface area contributed by atoms with Gasteiger partial charge in [0.25, 0.3) is 0 Å². The van der Waals surface area contributed by atoms with Crippen LogP contribution in [-0.4, -0.2) is 21.3 Å². The van der Waals surface area contributed by atoms with Gasteiger partial charge < -0.3 is 5.11 Å². The molecule has 0 fully saturated rings. The van der Waals surface area contributed by atoms with Gasteiger partial charge in [0.15, 0.2) is 0 Å². The molecule has 1 aromatic carbocycles. The average molecular weight is 244 g/mol. The number of aryl methyl sites for hydroxylation is 1. The van der Waals surface area contributed by atoms with Crippen LogP contribution in [0, 0.1) is 0 Å². The van der Waals surface area contributed by atoms with Crippen LogP contribution in [0.4, 0.5) is 0 Å². The summed E-state index contributed by atoms with van der Waals surface area (Å²) in [6.07, 6.45) is 3.74. The van der Waals surface area contributed by atoms with Gasteiger partial charge in [-0.3, -0.25) is 9.89 Å². The minimum atomic E-state index is -0.847. The van der Waals surface area contributed by atoms with Gasteiger partial charge in [0.2, 0.25) is 0 Å². The Hall–Kier alpha value is -2.10. The number of carboxylic acid groups (broad SMARTS) is 1. The summed E-state index contributed by atoms with van der Waals surface area (Å²) in [5, 5.41) is 15.6. The van der Waals surface area contributed by atoms with Crippen molar-refractivity contribution in [3.05, 3.63) is 41.6 Å². The van der Waals surface area contributed by atoms with Crippen LogP contribution in [0.1, 0.15) is 24.5 Å². The van der Waals surface area contributed by atoms with Gasteiger partial charge in [-0.25, -0.2) is 0 Å². The fourth-order valence-corrected chi connectivity index (χ4v) is 1.98. The van der Waals surface area contributed by atoms with Crippen LogP contribution in [0.2, 0.25) is 0 Å². The molecular weight excluding hydrogens is 228 g/mol. The van der Waals surface area contributed by atoms with Crippen molar-refractivity contribution in [3.63, 3.8) is 0 Å². The van der Waals surface area contributed by atoms with Crippen molar-refractivity contribution in [2.75, 3.05) is 0 Å². The first-order valence-corrected chi connectivity index (χ1v) is 6.04. The molecule has 0 atom stereocenters. The number of aromatic amines is 1. The third-order valence-electron chi connectivity index (χ3n) is 2.84. The standard InChI is InChI=1S/C14H16N2O2/c1-2-3-10-4-6-11(7-5-10)14-12(8-13(17)18)9-15-16-14/h4-7,9H,2-3,8H2,1H3,(H,15,16)(H,17,18). The van der Waals surface area contributed by atoms with E-state index in [0.717, 1.165) is 24.1 Å². The van der Waals surface area contributed by atoms with Crippen molar-refractivity contribution < 1.29 is 9.90 Å². The lowest BCUT2D eigenvalue weighted by atomic mass is 10.0. The lowest BCUT2D eigenvalue weighted by molar-refractivity contribution is -0.136. The lowest BCUT2D eigenvalue weighted by Gasteiger charge is -2.03. The number of H-pyrrole nitrogens is 1. The van der Waals surface area contributed by atoms with E-state index in [2.05, 4.69) is 29.3 Å². The highest BCUT2D eigenvalue weighted by Gasteiger charge is 2.10.